The summed E-state index contributed by atoms with van der Waals surface area (Å²) >= 11 is 0. The zero-order valence-electron chi connectivity index (χ0n) is 11.6. The van der Waals surface area contributed by atoms with Crippen LogP contribution < -0.4 is 18.9 Å². The molecule has 0 rings (SSSR count). The van der Waals surface area contributed by atoms with Crippen molar-refractivity contribution in [3.05, 3.63) is 6.92 Å². The van der Waals surface area contributed by atoms with E-state index in [0.29, 0.717) is 0 Å². The molecule has 0 radical (unpaired) electrons. The average Bonchev–Trinajstić information content (AvgIpc) is 2.03. The van der Waals surface area contributed by atoms with Gasteiger partial charge < -0.3 is 6.92 Å². The molecule has 0 aliphatic rings. The van der Waals surface area contributed by atoms with Crippen molar-refractivity contribution in [3.63, 3.8) is 0 Å². The van der Waals surface area contributed by atoms with Crippen LogP contribution >= 0.6 is 0 Å². The molecule has 82 valence electrons. The Morgan fingerprint density at radius 2 is 1.27 bits per heavy atom. The fraction of sp³-hybridized carbons (Fsp3) is 0.769. The normalized spacial score (nSPS) is 11.3. The summed E-state index contributed by atoms with van der Waals surface area (Å²) in [5.41, 5.74) is 5.82. The quantitative estimate of drug-likeness (QED) is 0.380. The third kappa shape index (κ3) is 4.03. The summed E-state index contributed by atoms with van der Waals surface area (Å²) in [6.45, 7) is 17.8. The fourth-order valence-electron chi connectivity index (χ4n) is 2.65. The Hall–Kier alpha value is 0.374. The van der Waals surface area contributed by atoms with E-state index in [-0.39, 0.29) is 18.9 Å². The van der Waals surface area contributed by atoms with E-state index in [1.807, 2.05) is 0 Å². The smallest absolute Gasteiger partial charge is 0.332 e. The van der Waals surface area contributed by atoms with Crippen LogP contribution in [-0.2, 0) is 0 Å². The minimum atomic E-state index is -1.45. The fourth-order valence-corrected chi connectivity index (χ4v) is 7.95. The zero-order valence-corrected chi connectivity index (χ0v) is 12.6. The topological polar surface area (TPSA) is 0 Å². The van der Waals surface area contributed by atoms with Gasteiger partial charge in [-0.25, -0.2) is 0 Å². The molecule has 0 aromatic heterocycles. The van der Waals surface area contributed by atoms with Gasteiger partial charge in [-0.1, -0.05) is 41.5 Å². The van der Waals surface area contributed by atoms with E-state index in [1.54, 1.807) is 0 Å². The summed E-state index contributed by atoms with van der Waals surface area (Å²) in [7, 11) is -1.45. The van der Waals surface area contributed by atoms with Crippen LogP contribution in [0.15, 0.2) is 0 Å². The van der Waals surface area contributed by atoms with Crippen molar-refractivity contribution in [3.8, 4) is 11.5 Å². The van der Waals surface area contributed by atoms with Gasteiger partial charge in [-0.15, -0.1) is 17.9 Å². The maximum atomic E-state index is 3.82. The molecule has 0 unspecified atom stereocenters. The second kappa shape index (κ2) is 7.62. The van der Waals surface area contributed by atoms with Gasteiger partial charge in [0.1, 0.15) is 8.07 Å². The van der Waals surface area contributed by atoms with E-state index in [0.717, 1.165) is 23.0 Å². The first-order valence-corrected chi connectivity index (χ1v) is 7.92. The first kappa shape index (κ1) is 17.8. The third-order valence-corrected chi connectivity index (χ3v) is 9.64. The standard InChI is InChI=1S/C13H25Si.Li/c1-8-9-10-14(11(2)3,12(4)5)13(6)7;/h11-13H,1,8H2,2-7H3;/q-1;+1. The van der Waals surface area contributed by atoms with E-state index >= 15 is 0 Å². The summed E-state index contributed by atoms with van der Waals surface area (Å²) in [5, 5.41) is 0. The molecular weight excluding hydrogens is 191 g/mol. The van der Waals surface area contributed by atoms with Gasteiger partial charge in [-0.05, 0) is 16.6 Å². The van der Waals surface area contributed by atoms with Crippen molar-refractivity contribution in [2.75, 3.05) is 0 Å². The van der Waals surface area contributed by atoms with Crippen LogP contribution in [0.5, 0.6) is 0 Å². The minimum absolute atomic E-state index is 0. The Bertz CT molecular complexity index is 199. The molecule has 0 nitrogen and oxygen atoms in total. The predicted molar refractivity (Wildman–Crippen MR) is 68.8 cm³/mol. The van der Waals surface area contributed by atoms with Gasteiger partial charge in [-0.2, -0.15) is 0 Å². The molecule has 0 atom stereocenters. The molecule has 0 heterocycles. The minimum Gasteiger partial charge on any atom is -0.332 e. The van der Waals surface area contributed by atoms with Crippen LogP contribution in [-0.4, -0.2) is 8.07 Å². The number of hydrogen-bond donors (Lipinski definition) is 0. The largest absolute Gasteiger partial charge is 1.00 e. The van der Waals surface area contributed by atoms with Crippen LogP contribution in [0, 0.1) is 18.4 Å². The summed E-state index contributed by atoms with van der Waals surface area (Å²) < 4.78 is 0. The van der Waals surface area contributed by atoms with E-state index in [9.17, 15) is 0 Å². The molecule has 0 spiro atoms. The maximum absolute atomic E-state index is 3.82. The molecule has 0 aromatic rings. The van der Waals surface area contributed by atoms with Gasteiger partial charge >= 0.3 is 18.9 Å². The molecule has 0 aliphatic carbocycles. The van der Waals surface area contributed by atoms with Crippen molar-refractivity contribution >= 4 is 8.07 Å². The molecule has 0 saturated carbocycles. The summed E-state index contributed by atoms with van der Waals surface area (Å²) in [6.07, 6.45) is 0.751. The van der Waals surface area contributed by atoms with Crippen LogP contribution in [0.4, 0.5) is 0 Å². The van der Waals surface area contributed by atoms with Crippen molar-refractivity contribution in [1.82, 2.24) is 0 Å². The van der Waals surface area contributed by atoms with Crippen molar-refractivity contribution in [1.29, 1.82) is 0 Å². The monoisotopic (exact) mass is 216 g/mol. The van der Waals surface area contributed by atoms with E-state index in [4.69, 9.17) is 0 Å². The van der Waals surface area contributed by atoms with Crippen LogP contribution in [0.2, 0.25) is 16.6 Å². The van der Waals surface area contributed by atoms with Gasteiger partial charge in [0.25, 0.3) is 0 Å². The van der Waals surface area contributed by atoms with Gasteiger partial charge in [0.15, 0.2) is 0 Å². The SMILES string of the molecule is [CH2-]CC#C[Si](C(C)C)(C(C)C)C(C)C.[Li+]. The number of rotatable bonds is 3. The molecule has 0 bridgehead atoms. The third-order valence-electron chi connectivity index (χ3n) is 3.30. The Labute approximate surface area is 110 Å². The Kier molecular flexibility index (Phi) is 9.02. The summed E-state index contributed by atoms with van der Waals surface area (Å²) in [4.78, 5) is 0. The Morgan fingerprint density at radius 1 is 0.933 bits per heavy atom. The molecule has 15 heavy (non-hydrogen) atoms. The van der Waals surface area contributed by atoms with Gasteiger partial charge in [-0.3, -0.25) is 0 Å². The Balaban J connectivity index is 0. The molecule has 0 amide bonds. The van der Waals surface area contributed by atoms with Crippen molar-refractivity contribution < 1.29 is 18.9 Å². The van der Waals surface area contributed by atoms with Gasteiger partial charge in [0.2, 0.25) is 0 Å². The van der Waals surface area contributed by atoms with Crippen LogP contribution in [0.1, 0.15) is 48.0 Å². The van der Waals surface area contributed by atoms with E-state index in [1.165, 1.54) is 0 Å². The first-order valence-electron chi connectivity index (χ1n) is 5.68. The molecule has 0 aliphatic heterocycles. The second-order valence-electron chi connectivity index (χ2n) is 4.95. The molecule has 2 heteroatoms. The van der Waals surface area contributed by atoms with E-state index in [2.05, 4.69) is 59.9 Å². The average molecular weight is 216 g/mol. The molecule has 0 N–H and O–H groups in total. The molecular formula is C13H25LiSi. The van der Waals surface area contributed by atoms with Gasteiger partial charge in [0, 0.05) is 0 Å². The Morgan fingerprint density at radius 3 is 1.47 bits per heavy atom. The van der Waals surface area contributed by atoms with E-state index < -0.39 is 8.07 Å². The molecule has 0 aromatic carbocycles. The molecule has 0 fully saturated rings. The van der Waals surface area contributed by atoms with Crippen molar-refractivity contribution in [2.24, 2.45) is 0 Å². The first-order chi connectivity index (χ1) is 6.39. The summed E-state index contributed by atoms with van der Waals surface area (Å²) in [6, 6.07) is 0. The zero-order chi connectivity index (χ0) is 11.4. The van der Waals surface area contributed by atoms with Gasteiger partial charge in [0.05, 0.1) is 0 Å². The predicted octanol–water partition coefficient (Wildman–Crippen LogP) is 1.44. The van der Waals surface area contributed by atoms with Crippen LogP contribution in [0.3, 0.4) is 0 Å². The number of hydrogen-bond acceptors (Lipinski definition) is 0. The molecule has 0 saturated heterocycles. The van der Waals surface area contributed by atoms with Crippen molar-refractivity contribution in [2.45, 2.75) is 64.6 Å². The maximum Gasteiger partial charge on any atom is 1.00 e. The second-order valence-corrected chi connectivity index (χ2v) is 10.5. The van der Waals surface area contributed by atoms with Crippen LogP contribution in [0.25, 0.3) is 0 Å². The summed E-state index contributed by atoms with van der Waals surface area (Å²) in [5.74, 6) is 3.23.